The van der Waals surface area contributed by atoms with Gasteiger partial charge in [-0.1, -0.05) is 68.0 Å². The van der Waals surface area contributed by atoms with Crippen molar-refractivity contribution >= 4 is 11.6 Å². The minimum absolute atomic E-state index is 0.0455. The molecule has 6 heteroatoms. The van der Waals surface area contributed by atoms with Crippen LogP contribution in [0.2, 0.25) is 0 Å². The van der Waals surface area contributed by atoms with E-state index in [1.54, 1.807) is 13.0 Å². The van der Waals surface area contributed by atoms with Gasteiger partial charge in [0.2, 0.25) is 5.78 Å². The summed E-state index contributed by atoms with van der Waals surface area (Å²) in [5.74, 6) is -1.34. The normalized spacial score (nSPS) is 39.4. The molecule has 2 aromatic rings. The summed E-state index contributed by atoms with van der Waals surface area (Å²) in [6.07, 6.45) is 5.37. The van der Waals surface area contributed by atoms with Crippen molar-refractivity contribution in [3.05, 3.63) is 89.5 Å². The van der Waals surface area contributed by atoms with Crippen LogP contribution in [0.4, 0.5) is 4.39 Å². The Hall–Kier alpha value is -3.09. The van der Waals surface area contributed by atoms with Crippen LogP contribution in [0.3, 0.4) is 0 Å². The van der Waals surface area contributed by atoms with Gasteiger partial charge in [0.15, 0.2) is 11.5 Å². The number of carbonyl (C=O) groups is 2. The van der Waals surface area contributed by atoms with Crippen molar-refractivity contribution in [2.24, 2.45) is 28.6 Å². The van der Waals surface area contributed by atoms with Crippen LogP contribution in [0.25, 0.3) is 0 Å². The van der Waals surface area contributed by atoms with E-state index in [-0.39, 0.29) is 24.7 Å². The first-order chi connectivity index (χ1) is 19.4. The molecule has 2 aromatic carbocycles. The summed E-state index contributed by atoms with van der Waals surface area (Å²) in [5, 5.41) is 23.7. The van der Waals surface area contributed by atoms with Crippen LogP contribution in [0.5, 0.6) is 5.75 Å². The number of ketones is 2. The molecule has 4 aliphatic carbocycles. The molecule has 0 bridgehead atoms. The highest BCUT2D eigenvalue weighted by molar-refractivity contribution is 6.01. The summed E-state index contributed by atoms with van der Waals surface area (Å²) in [6, 6.07) is 17.7. The summed E-state index contributed by atoms with van der Waals surface area (Å²) in [7, 11) is 0. The first kappa shape index (κ1) is 28.0. The number of rotatable bonds is 6. The number of hydrogen-bond acceptors (Lipinski definition) is 5. The van der Waals surface area contributed by atoms with Crippen LogP contribution in [0.1, 0.15) is 57.6 Å². The Morgan fingerprint density at radius 1 is 1.05 bits per heavy atom. The van der Waals surface area contributed by atoms with Gasteiger partial charge in [0.1, 0.15) is 18.0 Å². The lowest BCUT2D eigenvalue weighted by Gasteiger charge is -2.62. The summed E-state index contributed by atoms with van der Waals surface area (Å²) in [5.41, 5.74) is -2.84. The van der Waals surface area contributed by atoms with E-state index in [0.717, 1.165) is 12.0 Å². The number of halogens is 1. The second kappa shape index (κ2) is 9.74. The average molecular weight is 559 g/mol. The van der Waals surface area contributed by atoms with Crippen LogP contribution < -0.4 is 4.74 Å². The zero-order valence-electron chi connectivity index (χ0n) is 24.0. The second-order valence-electron chi connectivity index (χ2n) is 13.2. The van der Waals surface area contributed by atoms with Crippen LogP contribution in [0, 0.1) is 28.6 Å². The molecule has 8 atom stereocenters. The monoisotopic (exact) mass is 558 g/mol. The maximum absolute atomic E-state index is 17.3. The van der Waals surface area contributed by atoms with E-state index in [2.05, 4.69) is 12.1 Å². The molecule has 0 radical (unpaired) electrons. The number of aliphatic hydroxyl groups excluding tert-OH is 1. The molecule has 41 heavy (non-hydrogen) atoms. The molecule has 0 amide bonds. The predicted octanol–water partition coefficient (Wildman–Crippen LogP) is 5.57. The van der Waals surface area contributed by atoms with Crippen LogP contribution in [-0.4, -0.2) is 45.8 Å². The van der Waals surface area contributed by atoms with E-state index < -0.39 is 45.8 Å². The van der Waals surface area contributed by atoms with Gasteiger partial charge in [0, 0.05) is 16.7 Å². The highest BCUT2D eigenvalue weighted by atomic mass is 19.1. The molecule has 0 heterocycles. The van der Waals surface area contributed by atoms with E-state index in [1.165, 1.54) is 17.7 Å². The van der Waals surface area contributed by atoms with E-state index in [4.69, 9.17) is 4.74 Å². The molecule has 0 spiro atoms. The smallest absolute Gasteiger partial charge is 0.202 e. The average Bonchev–Trinajstić information content (AvgIpc) is 3.15. The Labute approximate surface area is 241 Å². The number of aliphatic hydroxyl groups is 2. The quantitative estimate of drug-likeness (QED) is 0.484. The SMILES string of the molecule is C[C@@H]1CC2C3CCC4=CC(=O)C=CC4(C)[C@@]3(F)[C@@H](O)CC2(C)[C@@]1(O)C(=O)COc1ccc(Cc2ccccc2)cc1. The zero-order valence-corrected chi connectivity index (χ0v) is 24.0. The fourth-order valence-corrected chi connectivity index (χ4v) is 8.93. The molecule has 0 saturated heterocycles. The largest absolute Gasteiger partial charge is 0.486 e. The predicted molar refractivity (Wildman–Crippen MR) is 154 cm³/mol. The van der Waals surface area contributed by atoms with Crippen molar-refractivity contribution in [3.8, 4) is 5.75 Å². The van der Waals surface area contributed by atoms with E-state index in [9.17, 15) is 19.8 Å². The van der Waals surface area contributed by atoms with Gasteiger partial charge in [0.25, 0.3) is 0 Å². The molecule has 3 fully saturated rings. The van der Waals surface area contributed by atoms with E-state index in [1.807, 2.05) is 56.3 Å². The third-order valence-corrected chi connectivity index (χ3v) is 11.2. The lowest BCUT2D eigenvalue weighted by atomic mass is 9.44. The lowest BCUT2D eigenvalue weighted by molar-refractivity contribution is -0.219. The van der Waals surface area contributed by atoms with E-state index >= 15 is 4.39 Å². The van der Waals surface area contributed by atoms with Gasteiger partial charge in [-0.2, -0.15) is 0 Å². The molecule has 4 aliphatic rings. The van der Waals surface area contributed by atoms with Crippen LogP contribution >= 0.6 is 0 Å². The standard InChI is InChI=1S/C35H39FO5/c1-22-17-29-28-14-11-25-19-26(37)15-16-32(25,2)34(28,36)30(38)20-33(29,3)35(22,40)31(39)21-41-27-12-9-24(10-13-27)18-23-7-5-4-6-8-23/h4-10,12-13,15-16,19,22,28-30,38,40H,11,14,17-18,20-21H2,1-3H3/t22-,28?,29?,30+,32?,33?,34+,35+/m1/s1. The fourth-order valence-electron chi connectivity index (χ4n) is 8.93. The Kier molecular flexibility index (Phi) is 6.66. The molecule has 216 valence electrons. The third kappa shape index (κ3) is 4.01. The number of benzene rings is 2. The number of alkyl halides is 1. The van der Waals surface area contributed by atoms with Crippen molar-refractivity contribution in [1.82, 2.24) is 0 Å². The van der Waals surface area contributed by atoms with Gasteiger partial charge >= 0.3 is 0 Å². The second-order valence-corrected chi connectivity index (χ2v) is 13.2. The number of carbonyl (C=O) groups excluding carboxylic acids is 2. The molecule has 0 aromatic heterocycles. The van der Waals surface area contributed by atoms with Crippen LogP contribution in [-0.2, 0) is 16.0 Å². The molecule has 2 N–H and O–H groups in total. The topological polar surface area (TPSA) is 83.8 Å². The van der Waals surface area contributed by atoms with Crippen molar-refractivity contribution in [2.45, 2.75) is 70.2 Å². The molecule has 4 unspecified atom stereocenters. The van der Waals surface area contributed by atoms with Gasteiger partial charge < -0.3 is 14.9 Å². The summed E-state index contributed by atoms with van der Waals surface area (Å²) >= 11 is 0. The summed E-state index contributed by atoms with van der Waals surface area (Å²) in [6.45, 7) is 5.15. The fraction of sp³-hybridized carbons (Fsp3) is 0.486. The maximum atomic E-state index is 17.3. The molecule has 5 nitrogen and oxygen atoms in total. The van der Waals surface area contributed by atoms with Gasteiger partial charge in [-0.05, 0) is 86.3 Å². The first-order valence-corrected chi connectivity index (χ1v) is 14.8. The molecular formula is C35H39FO5. The maximum Gasteiger partial charge on any atom is 0.202 e. The highest BCUT2D eigenvalue weighted by Gasteiger charge is 2.75. The van der Waals surface area contributed by atoms with Gasteiger partial charge in [-0.15, -0.1) is 0 Å². The number of allylic oxidation sites excluding steroid dienone is 4. The zero-order chi connectivity index (χ0) is 29.2. The number of hydrogen-bond donors (Lipinski definition) is 2. The van der Waals surface area contributed by atoms with Crippen molar-refractivity contribution in [1.29, 1.82) is 0 Å². The van der Waals surface area contributed by atoms with E-state index in [0.29, 0.717) is 30.6 Å². The molecular weight excluding hydrogens is 519 g/mol. The van der Waals surface area contributed by atoms with Crippen molar-refractivity contribution in [3.63, 3.8) is 0 Å². The number of ether oxygens (including phenoxy) is 1. The minimum Gasteiger partial charge on any atom is -0.486 e. The van der Waals surface area contributed by atoms with Crippen molar-refractivity contribution in [2.75, 3.05) is 6.61 Å². The Morgan fingerprint density at radius 2 is 1.73 bits per heavy atom. The number of Topliss-reactive ketones (excluding diaryl/α,β-unsaturated/α-hetero) is 1. The van der Waals surface area contributed by atoms with Gasteiger partial charge in [-0.25, -0.2) is 4.39 Å². The van der Waals surface area contributed by atoms with Crippen LogP contribution in [0.15, 0.2) is 78.4 Å². The molecule has 0 aliphatic heterocycles. The third-order valence-electron chi connectivity index (χ3n) is 11.2. The molecule has 6 rings (SSSR count). The van der Waals surface area contributed by atoms with Gasteiger partial charge in [-0.3, -0.25) is 9.59 Å². The first-order valence-electron chi connectivity index (χ1n) is 14.8. The van der Waals surface area contributed by atoms with Gasteiger partial charge in [0.05, 0.1) is 6.10 Å². The minimum atomic E-state index is -2.00. The Balaban J connectivity index is 1.21. The summed E-state index contributed by atoms with van der Waals surface area (Å²) < 4.78 is 23.2. The Bertz CT molecular complexity index is 1420. The summed E-state index contributed by atoms with van der Waals surface area (Å²) in [4.78, 5) is 25.9. The Morgan fingerprint density at radius 3 is 2.44 bits per heavy atom. The highest BCUT2D eigenvalue weighted by Crippen LogP contribution is 2.70. The molecule has 3 saturated carbocycles. The lowest BCUT2D eigenvalue weighted by Crippen LogP contribution is -2.69. The van der Waals surface area contributed by atoms with Crippen molar-refractivity contribution < 1.29 is 28.9 Å². The number of fused-ring (bicyclic) bond motifs is 5.